The number of ether oxygens (including phenoxy) is 1. The van der Waals surface area contributed by atoms with Crippen molar-refractivity contribution in [2.24, 2.45) is 5.92 Å². The summed E-state index contributed by atoms with van der Waals surface area (Å²) < 4.78 is 45.5. The van der Waals surface area contributed by atoms with Crippen molar-refractivity contribution in [1.82, 2.24) is 20.4 Å². The number of nitrogens with one attached hydrogen (secondary N) is 1. The van der Waals surface area contributed by atoms with Crippen LogP contribution in [0.5, 0.6) is 0 Å². The lowest BCUT2D eigenvalue weighted by molar-refractivity contribution is -0.120. The Balaban J connectivity index is 1.59. The molecule has 1 N–H and O–H groups in total. The molecule has 1 saturated heterocycles. The van der Waals surface area contributed by atoms with Gasteiger partial charge in [0.2, 0.25) is 5.91 Å². The molecule has 1 fully saturated rings. The number of H-pyrrole nitrogens is 1. The molecule has 0 radical (unpaired) electrons. The third kappa shape index (κ3) is 3.65. The second-order valence-corrected chi connectivity index (χ2v) is 7.02. The molecule has 0 saturated carbocycles. The van der Waals surface area contributed by atoms with Crippen LogP contribution >= 0.6 is 0 Å². The van der Waals surface area contributed by atoms with Crippen LogP contribution in [0, 0.1) is 23.4 Å². The summed E-state index contributed by atoms with van der Waals surface area (Å²) in [7, 11) is 1.54. The van der Waals surface area contributed by atoms with Crippen molar-refractivity contribution in [1.29, 1.82) is 0 Å². The minimum absolute atomic E-state index is 0.106. The van der Waals surface area contributed by atoms with Gasteiger partial charge in [-0.3, -0.25) is 14.8 Å². The predicted octanol–water partition coefficient (Wildman–Crippen LogP) is 3.03. The Morgan fingerprint density at radius 2 is 2.00 bits per heavy atom. The first-order valence-corrected chi connectivity index (χ1v) is 9.27. The van der Waals surface area contributed by atoms with Crippen LogP contribution in [0.15, 0.2) is 30.6 Å². The molecule has 0 bridgehead atoms. The Bertz CT molecular complexity index is 1050. The zero-order chi connectivity index (χ0) is 21.3. The first-order valence-electron chi connectivity index (χ1n) is 9.27. The average Bonchev–Trinajstić information content (AvgIpc) is 3.31. The lowest BCUT2D eigenvalue weighted by atomic mass is 9.98. The van der Waals surface area contributed by atoms with Crippen molar-refractivity contribution in [3.05, 3.63) is 59.2 Å². The zero-order valence-electron chi connectivity index (χ0n) is 16.0. The summed E-state index contributed by atoms with van der Waals surface area (Å²) in [5.41, 5.74) is 2.34. The van der Waals surface area contributed by atoms with E-state index in [1.54, 1.807) is 18.5 Å². The highest BCUT2D eigenvalue weighted by molar-refractivity contribution is 5.97. The number of benzene rings is 1. The molecule has 2 aromatic heterocycles. The van der Waals surface area contributed by atoms with E-state index in [9.17, 15) is 18.0 Å². The second-order valence-electron chi connectivity index (χ2n) is 7.02. The average molecular weight is 417 g/mol. The van der Waals surface area contributed by atoms with Gasteiger partial charge in [0.15, 0.2) is 23.3 Å². The van der Waals surface area contributed by atoms with Gasteiger partial charge >= 0.3 is 0 Å². The van der Waals surface area contributed by atoms with Gasteiger partial charge in [-0.1, -0.05) is 0 Å². The van der Waals surface area contributed by atoms with Crippen LogP contribution in [0.25, 0.3) is 11.3 Å². The maximum Gasteiger partial charge on any atom is 0.231 e. The van der Waals surface area contributed by atoms with E-state index in [-0.39, 0.29) is 24.5 Å². The van der Waals surface area contributed by atoms with Crippen LogP contribution in [0.4, 0.5) is 19.0 Å². The smallest absolute Gasteiger partial charge is 0.231 e. The number of hydrogen-bond acceptors (Lipinski definition) is 5. The maximum atomic E-state index is 13.5. The van der Waals surface area contributed by atoms with Gasteiger partial charge in [0.25, 0.3) is 0 Å². The van der Waals surface area contributed by atoms with Crippen molar-refractivity contribution in [3.63, 3.8) is 0 Å². The fraction of sp³-hybridized carbons (Fsp3) is 0.300. The van der Waals surface area contributed by atoms with Gasteiger partial charge in [0.05, 0.1) is 24.7 Å². The van der Waals surface area contributed by atoms with E-state index in [4.69, 9.17) is 4.74 Å². The standard InChI is InChI=1S/C20H18F3N5O2/c1-30-10-14-18(13-2-4-24-25-9-13)26-27-19(14)28-5-3-12(20(28)29)6-11-7-15(21)17(23)16(22)8-11/h2,4,7-9,12H,3,5-6,10H2,1H3,(H,26,27). The monoisotopic (exact) mass is 417 g/mol. The molecular formula is C20H18F3N5O2. The maximum absolute atomic E-state index is 13.5. The van der Waals surface area contributed by atoms with Gasteiger partial charge in [-0.2, -0.15) is 15.3 Å². The number of hydrogen-bond donors (Lipinski definition) is 1. The molecule has 1 amide bonds. The zero-order valence-corrected chi connectivity index (χ0v) is 16.0. The molecular weight excluding hydrogens is 399 g/mol. The van der Waals surface area contributed by atoms with Crippen LogP contribution in [-0.2, 0) is 22.6 Å². The lowest BCUT2D eigenvalue weighted by Gasteiger charge is -2.16. The highest BCUT2D eigenvalue weighted by atomic mass is 19.2. The van der Waals surface area contributed by atoms with Gasteiger partial charge < -0.3 is 4.74 Å². The number of rotatable bonds is 6. The summed E-state index contributed by atoms with van der Waals surface area (Å²) in [5, 5.41) is 14.8. The number of anilines is 1. The Morgan fingerprint density at radius 1 is 1.23 bits per heavy atom. The largest absolute Gasteiger partial charge is 0.380 e. The number of carbonyl (C=O) groups excluding carboxylic acids is 1. The molecule has 156 valence electrons. The number of methoxy groups -OCH3 is 1. The van der Waals surface area contributed by atoms with Crippen molar-refractivity contribution < 1.29 is 22.7 Å². The van der Waals surface area contributed by atoms with Crippen LogP contribution < -0.4 is 4.90 Å². The highest BCUT2D eigenvalue weighted by Gasteiger charge is 2.36. The third-order valence-corrected chi connectivity index (χ3v) is 5.10. The normalized spacial score (nSPS) is 16.5. The molecule has 7 nitrogen and oxygen atoms in total. The van der Waals surface area contributed by atoms with Crippen molar-refractivity contribution in [2.45, 2.75) is 19.4 Å². The third-order valence-electron chi connectivity index (χ3n) is 5.10. The first kappa shape index (κ1) is 20.0. The van der Waals surface area contributed by atoms with E-state index < -0.39 is 23.4 Å². The van der Waals surface area contributed by atoms with Gasteiger partial charge in [-0.15, -0.1) is 0 Å². The highest BCUT2D eigenvalue weighted by Crippen LogP contribution is 2.34. The van der Waals surface area contributed by atoms with Gasteiger partial charge in [-0.05, 0) is 36.6 Å². The molecule has 1 aromatic carbocycles. The molecule has 1 aliphatic rings. The molecule has 30 heavy (non-hydrogen) atoms. The predicted molar refractivity (Wildman–Crippen MR) is 101 cm³/mol. The molecule has 1 aliphatic heterocycles. The van der Waals surface area contributed by atoms with Crippen molar-refractivity contribution in [2.75, 3.05) is 18.6 Å². The topological polar surface area (TPSA) is 84.0 Å². The Hall–Kier alpha value is -3.27. The second kappa shape index (κ2) is 8.23. The fourth-order valence-corrected chi connectivity index (χ4v) is 3.69. The van der Waals surface area contributed by atoms with Gasteiger partial charge in [0.1, 0.15) is 0 Å². The van der Waals surface area contributed by atoms with E-state index in [2.05, 4.69) is 20.4 Å². The molecule has 0 spiro atoms. The SMILES string of the molecule is COCc1c(N2CCC(Cc3cc(F)c(F)c(F)c3)C2=O)n[nH]c1-c1ccnnc1. The van der Waals surface area contributed by atoms with E-state index in [0.29, 0.717) is 30.0 Å². The van der Waals surface area contributed by atoms with Crippen LogP contribution in [0.1, 0.15) is 17.5 Å². The molecule has 0 aliphatic carbocycles. The van der Waals surface area contributed by atoms with Gasteiger partial charge in [-0.25, -0.2) is 13.2 Å². The minimum Gasteiger partial charge on any atom is -0.380 e. The van der Waals surface area contributed by atoms with Gasteiger partial charge in [0, 0.05) is 30.7 Å². The summed E-state index contributed by atoms with van der Waals surface area (Å²) in [6.45, 7) is 0.609. The Morgan fingerprint density at radius 3 is 2.67 bits per heavy atom. The van der Waals surface area contributed by atoms with Crippen LogP contribution in [0.2, 0.25) is 0 Å². The van der Waals surface area contributed by atoms with E-state index >= 15 is 0 Å². The summed E-state index contributed by atoms with van der Waals surface area (Å²) in [5.74, 6) is -4.32. The van der Waals surface area contributed by atoms with E-state index in [1.807, 2.05) is 0 Å². The molecule has 3 aromatic rings. The molecule has 10 heteroatoms. The quantitative estimate of drug-likeness (QED) is 0.624. The minimum atomic E-state index is -1.52. The molecule has 4 rings (SSSR count). The van der Waals surface area contributed by atoms with Crippen molar-refractivity contribution in [3.8, 4) is 11.3 Å². The molecule has 1 atom stereocenters. The summed E-state index contributed by atoms with van der Waals surface area (Å²) in [6, 6.07) is 3.61. The number of aromatic nitrogens is 4. The summed E-state index contributed by atoms with van der Waals surface area (Å²) >= 11 is 0. The summed E-state index contributed by atoms with van der Waals surface area (Å²) in [4.78, 5) is 14.5. The van der Waals surface area contributed by atoms with E-state index in [1.165, 1.54) is 12.0 Å². The number of carbonyl (C=O) groups is 1. The molecule has 1 unspecified atom stereocenters. The van der Waals surface area contributed by atoms with Crippen molar-refractivity contribution >= 4 is 11.7 Å². The number of aromatic amines is 1. The lowest BCUT2D eigenvalue weighted by Crippen LogP contribution is -2.29. The van der Waals surface area contributed by atoms with E-state index in [0.717, 1.165) is 17.7 Å². The fourth-order valence-electron chi connectivity index (χ4n) is 3.69. The van der Waals surface area contributed by atoms with Crippen LogP contribution in [0.3, 0.4) is 0 Å². The number of halogens is 3. The Kier molecular flexibility index (Phi) is 5.49. The first-order chi connectivity index (χ1) is 14.5. The Labute approximate surface area is 169 Å². The molecule has 3 heterocycles. The summed E-state index contributed by atoms with van der Waals surface area (Å²) in [6.07, 6.45) is 3.70. The van der Waals surface area contributed by atoms with Crippen LogP contribution in [-0.4, -0.2) is 40.0 Å². The number of amides is 1. The number of nitrogens with zero attached hydrogens (tertiary/aromatic N) is 4.